The van der Waals surface area contributed by atoms with E-state index in [-0.39, 0.29) is 11.9 Å². The summed E-state index contributed by atoms with van der Waals surface area (Å²) < 4.78 is 10.5. The number of carbonyl (C=O) groups excluding carboxylic acids is 1. The van der Waals surface area contributed by atoms with Crippen molar-refractivity contribution in [3.8, 4) is 17.1 Å². The number of aryl methyl sites for hydroxylation is 1. The second-order valence-electron chi connectivity index (χ2n) is 6.84. The standard InChI is InChI=1S/C22H28N4O3S/c1-4-26(5-2)19(17-12-13-30-15-17)14-23-20(27)10-11-21-24-22(25-29-21)16-6-8-18(28-3)9-7-16/h6-9,12-13,15,19H,4-5,10-11,14H2,1-3H3,(H,23,27). The molecule has 2 heterocycles. The lowest BCUT2D eigenvalue weighted by atomic mass is 10.1. The van der Waals surface area contributed by atoms with E-state index >= 15 is 0 Å². The summed E-state index contributed by atoms with van der Waals surface area (Å²) in [5.41, 5.74) is 2.08. The van der Waals surface area contributed by atoms with Crippen LogP contribution in [0.25, 0.3) is 11.4 Å². The van der Waals surface area contributed by atoms with Gasteiger partial charge in [-0.25, -0.2) is 0 Å². The zero-order valence-electron chi connectivity index (χ0n) is 17.6. The molecule has 1 amide bonds. The Hall–Kier alpha value is -2.71. The Labute approximate surface area is 181 Å². The molecular weight excluding hydrogens is 400 g/mol. The van der Waals surface area contributed by atoms with E-state index in [1.165, 1.54) is 5.56 Å². The SMILES string of the molecule is CCN(CC)C(CNC(=O)CCc1nc(-c2ccc(OC)cc2)no1)c1ccsc1. The largest absolute Gasteiger partial charge is 0.497 e. The smallest absolute Gasteiger partial charge is 0.227 e. The van der Waals surface area contributed by atoms with Crippen LogP contribution in [0.4, 0.5) is 0 Å². The topological polar surface area (TPSA) is 80.5 Å². The van der Waals surface area contributed by atoms with Crippen LogP contribution in [0.1, 0.15) is 37.8 Å². The molecule has 30 heavy (non-hydrogen) atoms. The first kappa shape index (κ1) is 22.0. The fourth-order valence-electron chi connectivity index (χ4n) is 3.32. The average Bonchev–Trinajstić information content (AvgIpc) is 3.47. The normalized spacial score (nSPS) is 12.1. The Bertz CT molecular complexity index is 905. The summed E-state index contributed by atoms with van der Waals surface area (Å²) in [6.07, 6.45) is 0.711. The van der Waals surface area contributed by atoms with Gasteiger partial charge in [0.1, 0.15) is 5.75 Å². The average molecular weight is 429 g/mol. The third kappa shape index (κ3) is 5.67. The van der Waals surface area contributed by atoms with Crippen LogP contribution in [0.15, 0.2) is 45.6 Å². The highest BCUT2D eigenvalue weighted by molar-refractivity contribution is 7.07. The molecule has 0 fully saturated rings. The number of nitrogens with zero attached hydrogens (tertiary/aromatic N) is 3. The maximum atomic E-state index is 12.4. The highest BCUT2D eigenvalue weighted by atomic mass is 32.1. The lowest BCUT2D eigenvalue weighted by Crippen LogP contribution is -2.38. The van der Waals surface area contributed by atoms with Crippen molar-refractivity contribution >= 4 is 17.2 Å². The second kappa shape index (κ2) is 10.9. The van der Waals surface area contributed by atoms with Gasteiger partial charge in [-0.2, -0.15) is 16.3 Å². The first-order chi connectivity index (χ1) is 14.6. The molecule has 7 nitrogen and oxygen atoms in total. The summed E-state index contributed by atoms with van der Waals surface area (Å²) in [7, 11) is 1.62. The molecule has 0 bridgehead atoms. The molecule has 1 atom stereocenters. The fourth-order valence-corrected chi connectivity index (χ4v) is 4.03. The number of methoxy groups -OCH3 is 1. The zero-order chi connectivity index (χ0) is 21.3. The molecule has 1 N–H and O–H groups in total. The zero-order valence-corrected chi connectivity index (χ0v) is 18.4. The third-order valence-electron chi connectivity index (χ3n) is 5.06. The van der Waals surface area contributed by atoms with Crippen LogP contribution in [0.5, 0.6) is 5.75 Å². The minimum atomic E-state index is -0.0217. The molecule has 1 unspecified atom stereocenters. The van der Waals surface area contributed by atoms with Gasteiger partial charge in [-0.1, -0.05) is 19.0 Å². The number of carbonyl (C=O) groups is 1. The van der Waals surface area contributed by atoms with E-state index in [0.29, 0.717) is 31.1 Å². The number of aromatic nitrogens is 2. The van der Waals surface area contributed by atoms with Crippen molar-refractivity contribution in [2.45, 2.75) is 32.7 Å². The van der Waals surface area contributed by atoms with E-state index in [0.717, 1.165) is 24.4 Å². The van der Waals surface area contributed by atoms with Crippen molar-refractivity contribution in [2.24, 2.45) is 0 Å². The monoisotopic (exact) mass is 428 g/mol. The highest BCUT2D eigenvalue weighted by Crippen LogP contribution is 2.22. The number of likely N-dealkylation sites (N-methyl/N-ethyl adjacent to an activating group) is 1. The number of amides is 1. The van der Waals surface area contributed by atoms with E-state index in [2.05, 4.69) is 51.0 Å². The molecular formula is C22H28N4O3S. The Balaban J connectivity index is 1.52. The molecule has 0 aliphatic rings. The molecule has 0 saturated carbocycles. The first-order valence-electron chi connectivity index (χ1n) is 10.1. The van der Waals surface area contributed by atoms with E-state index < -0.39 is 0 Å². The Morgan fingerprint density at radius 1 is 1.23 bits per heavy atom. The van der Waals surface area contributed by atoms with Crippen LogP contribution in [0.2, 0.25) is 0 Å². The van der Waals surface area contributed by atoms with Crippen LogP contribution in [-0.4, -0.2) is 47.7 Å². The van der Waals surface area contributed by atoms with Gasteiger partial charge in [0.05, 0.1) is 13.2 Å². The molecule has 0 aliphatic carbocycles. The molecule has 160 valence electrons. The summed E-state index contributed by atoms with van der Waals surface area (Å²) in [6, 6.07) is 9.74. The second-order valence-corrected chi connectivity index (χ2v) is 7.62. The van der Waals surface area contributed by atoms with Crippen molar-refractivity contribution in [2.75, 3.05) is 26.7 Å². The van der Waals surface area contributed by atoms with Crippen LogP contribution in [0, 0.1) is 0 Å². The molecule has 8 heteroatoms. The van der Waals surface area contributed by atoms with Gasteiger partial charge in [0.2, 0.25) is 17.6 Å². The van der Waals surface area contributed by atoms with Crippen molar-refractivity contribution in [3.05, 3.63) is 52.5 Å². The number of ether oxygens (including phenoxy) is 1. The molecule has 3 rings (SSSR count). The molecule has 0 aliphatic heterocycles. The van der Waals surface area contributed by atoms with E-state index in [1.54, 1.807) is 18.4 Å². The Morgan fingerprint density at radius 3 is 2.63 bits per heavy atom. The minimum Gasteiger partial charge on any atom is -0.497 e. The number of benzene rings is 1. The summed E-state index contributed by atoms with van der Waals surface area (Å²) in [5, 5.41) is 11.3. The predicted molar refractivity (Wildman–Crippen MR) is 118 cm³/mol. The maximum Gasteiger partial charge on any atom is 0.227 e. The van der Waals surface area contributed by atoms with E-state index in [4.69, 9.17) is 9.26 Å². The molecule has 0 saturated heterocycles. The third-order valence-corrected chi connectivity index (χ3v) is 5.76. The maximum absolute atomic E-state index is 12.4. The van der Waals surface area contributed by atoms with E-state index in [9.17, 15) is 4.79 Å². The molecule has 3 aromatic rings. The molecule has 1 aromatic carbocycles. The molecule has 0 spiro atoms. The van der Waals surface area contributed by atoms with Gasteiger partial charge in [-0.3, -0.25) is 9.69 Å². The van der Waals surface area contributed by atoms with Gasteiger partial charge < -0.3 is 14.6 Å². The fraction of sp³-hybridized carbons (Fsp3) is 0.409. The van der Waals surface area contributed by atoms with Crippen LogP contribution < -0.4 is 10.1 Å². The van der Waals surface area contributed by atoms with Crippen molar-refractivity contribution < 1.29 is 14.1 Å². The molecule has 2 aromatic heterocycles. The highest BCUT2D eigenvalue weighted by Gasteiger charge is 2.19. The number of rotatable bonds is 11. The minimum absolute atomic E-state index is 0.0217. The van der Waals surface area contributed by atoms with Gasteiger partial charge in [0.15, 0.2) is 0 Å². The van der Waals surface area contributed by atoms with Gasteiger partial charge in [0, 0.05) is 24.9 Å². The van der Waals surface area contributed by atoms with Crippen LogP contribution in [0.3, 0.4) is 0 Å². The van der Waals surface area contributed by atoms with Gasteiger partial charge in [-0.05, 0) is 59.7 Å². The number of nitrogens with one attached hydrogen (secondary N) is 1. The number of thiophene rings is 1. The number of hydrogen-bond donors (Lipinski definition) is 1. The van der Waals surface area contributed by atoms with Crippen LogP contribution >= 0.6 is 11.3 Å². The summed E-state index contributed by atoms with van der Waals surface area (Å²) >= 11 is 1.68. The Kier molecular flexibility index (Phi) is 7.98. The summed E-state index contributed by atoms with van der Waals surface area (Å²) in [5.74, 6) is 1.71. The van der Waals surface area contributed by atoms with Crippen molar-refractivity contribution in [1.82, 2.24) is 20.4 Å². The number of hydrogen-bond acceptors (Lipinski definition) is 7. The predicted octanol–water partition coefficient (Wildman–Crippen LogP) is 3.94. The van der Waals surface area contributed by atoms with E-state index in [1.807, 2.05) is 24.3 Å². The summed E-state index contributed by atoms with van der Waals surface area (Å²) in [4.78, 5) is 19.1. The van der Waals surface area contributed by atoms with Gasteiger partial charge in [0.25, 0.3) is 0 Å². The lowest BCUT2D eigenvalue weighted by Gasteiger charge is -2.29. The Morgan fingerprint density at radius 2 is 2.00 bits per heavy atom. The first-order valence-corrected chi connectivity index (χ1v) is 11.1. The lowest BCUT2D eigenvalue weighted by molar-refractivity contribution is -0.121. The quantitative estimate of drug-likeness (QED) is 0.498. The van der Waals surface area contributed by atoms with Crippen LogP contribution in [-0.2, 0) is 11.2 Å². The van der Waals surface area contributed by atoms with Gasteiger partial charge >= 0.3 is 0 Å². The van der Waals surface area contributed by atoms with Gasteiger partial charge in [-0.15, -0.1) is 0 Å². The van der Waals surface area contributed by atoms with Crippen molar-refractivity contribution in [3.63, 3.8) is 0 Å². The molecule has 0 radical (unpaired) electrons. The van der Waals surface area contributed by atoms with Crippen molar-refractivity contribution in [1.29, 1.82) is 0 Å². The summed E-state index contributed by atoms with van der Waals surface area (Å²) in [6.45, 7) is 6.73.